The van der Waals surface area contributed by atoms with Gasteiger partial charge in [0.05, 0.1) is 36.8 Å². The number of carbonyl (C=O) groups excluding carboxylic acids is 1. The topological polar surface area (TPSA) is 90.5 Å². The van der Waals surface area contributed by atoms with E-state index in [4.69, 9.17) is 10.00 Å². The lowest BCUT2D eigenvalue weighted by atomic mass is 9.89. The van der Waals surface area contributed by atoms with Gasteiger partial charge in [-0.05, 0) is 73.3 Å². The molecule has 9 heteroatoms. The minimum atomic E-state index is 0.100. The summed E-state index contributed by atoms with van der Waals surface area (Å²) in [5.41, 5.74) is 6.03. The number of piperazine rings is 1. The highest BCUT2D eigenvalue weighted by molar-refractivity contribution is 5.99. The summed E-state index contributed by atoms with van der Waals surface area (Å²) in [5, 5.41) is 10.2. The lowest BCUT2D eigenvalue weighted by molar-refractivity contribution is 0.0619. The predicted octanol–water partition coefficient (Wildman–Crippen LogP) is 4.19. The highest BCUT2D eigenvalue weighted by Crippen LogP contribution is 2.32. The summed E-state index contributed by atoms with van der Waals surface area (Å²) in [5.74, 6) is 1.15. The quantitative estimate of drug-likeness (QED) is 0.333. The van der Waals surface area contributed by atoms with Crippen molar-refractivity contribution in [1.82, 2.24) is 29.2 Å². The lowest BCUT2D eigenvalue weighted by Gasteiger charge is -2.34. The Labute approximate surface area is 246 Å². The van der Waals surface area contributed by atoms with Gasteiger partial charge < -0.3 is 14.2 Å². The van der Waals surface area contributed by atoms with E-state index in [9.17, 15) is 4.79 Å². The van der Waals surface area contributed by atoms with E-state index < -0.39 is 0 Å². The molecule has 0 atom stereocenters. The van der Waals surface area contributed by atoms with Crippen LogP contribution in [0.1, 0.15) is 51.6 Å². The molecule has 2 aliphatic heterocycles. The summed E-state index contributed by atoms with van der Waals surface area (Å²) in [6.07, 6.45) is 5.67. The van der Waals surface area contributed by atoms with E-state index in [0.29, 0.717) is 30.5 Å². The van der Waals surface area contributed by atoms with Crippen molar-refractivity contribution in [1.29, 1.82) is 5.26 Å². The van der Waals surface area contributed by atoms with Crippen LogP contribution in [0.3, 0.4) is 0 Å². The van der Waals surface area contributed by atoms with Crippen molar-refractivity contribution in [3.8, 4) is 11.9 Å². The van der Waals surface area contributed by atoms with Crippen molar-refractivity contribution in [3.63, 3.8) is 0 Å². The SMILES string of the molecule is COc1cnc(CN2CCC(c3ccc4c(c3)cc(C(=O)N3CCN(Cc5ccc(C#N)cc5)CC3)n4C)CC2)cn1. The minimum Gasteiger partial charge on any atom is -0.480 e. The first-order valence-corrected chi connectivity index (χ1v) is 14.7. The highest BCUT2D eigenvalue weighted by atomic mass is 16.5. The van der Waals surface area contributed by atoms with E-state index in [1.807, 2.05) is 40.8 Å². The molecule has 216 valence electrons. The monoisotopic (exact) mass is 563 g/mol. The van der Waals surface area contributed by atoms with Gasteiger partial charge >= 0.3 is 0 Å². The Hall–Kier alpha value is -4.26. The molecular formula is C33H37N7O2. The molecule has 0 aliphatic carbocycles. The third-order valence-electron chi connectivity index (χ3n) is 8.77. The normalized spacial score (nSPS) is 16.9. The van der Waals surface area contributed by atoms with Crippen LogP contribution in [0.4, 0.5) is 0 Å². The molecule has 6 rings (SSSR count). The van der Waals surface area contributed by atoms with Crippen LogP contribution >= 0.6 is 0 Å². The zero-order valence-corrected chi connectivity index (χ0v) is 24.4. The molecule has 0 N–H and O–H groups in total. The number of nitrogens with zero attached hydrogens (tertiary/aromatic N) is 7. The van der Waals surface area contributed by atoms with Crippen LogP contribution in [0.2, 0.25) is 0 Å². The number of likely N-dealkylation sites (tertiary alicyclic amines) is 1. The van der Waals surface area contributed by atoms with Gasteiger partial charge in [-0.1, -0.05) is 18.2 Å². The maximum Gasteiger partial charge on any atom is 0.270 e. The fourth-order valence-electron chi connectivity index (χ4n) is 6.22. The van der Waals surface area contributed by atoms with Crippen molar-refractivity contribution in [2.75, 3.05) is 46.4 Å². The van der Waals surface area contributed by atoms with Crippen LogP contribution in [-0.4, -0.2) is 81.5 Å². The Bertz CT molecular complexity index is 1570. The van der Waals surface area contributed by atoms with Crippen molar-refractivity contribution >= 4 is 16.8 Å². The number of rotatable bonds is 7. The second-order valence-corrected chi connectivity index (χ2v) is 11.4. The van der Waals surface area contributed by atoms with Gasteiger partial charge in [0.1, 0.15) is 5.69 Å². The molecule has 2 aromatic carbocycles. The van der Waals surface area contributed by atoms with E-state index in [-0.39, 0.29) is 5.91 Å². The van der Waals surface area contributed by atoms with Crippen LogP contribution in [0.5, 0.6) is 5.88 Å². The molecule has 0 radical (unpaired) electrons. The number of piperidine rings is 1. The molecule has 0 bridgehead atoms. The van der Waals surface area contributed by atoms with Crippen LogP contribution < -0.4 is 4.74 Å². The van der Waals surface area contributed by atoms with Gasteiger partial charge in [-0.15, -0.1) is 0 Å². The number of hydrogen-bond acceptors (Lipinski definition) is 7. The Balaban J connectivity index is 1.05. The van der Waals surface area contributed by atoms with Gasteiger partial charge in [-0.25, -0.2) is 4.98 Å². The van der Waals surface area contributed by atoms with Crippen molar-refractivity contribution in [2.24, 2.45) is 7.05 Å². The smallest absolute Gasteiger partial charge is 0.270 e. The zero-order chi connectivity index (χ0) is 29.1. The maximum absolute atomic E-state index is 13.6. The van der Waals surface area contributed by atoms with Crippen molar-refractivity contribution in [3.05, 3.63) is 89.0 Å². The molecule has 2 fully saturated rings. The number of amides is 1. The Morgan fingerprint density at radius 3 is 2.33 bits per heavy atom. The number of carbonyl (C=O) groups is 1. The molecule has 42 heavy (non-hydrogen) atoms. The number of nitriles is 1. The Morgan fingerprint density at radius 2 is 1.67 bits per heavy atom. The number of aromatic nitrogens is 3. The molecule has 2 aliphatic rings. The van der Waals surface area contributed by atoms with Crippen molar-refractivity contribution < 1.29 is 9.53 Å². The van der Waals surface area contributed by atoms with E-state index in [2.05, 4.69) is 50.1 Å². The average Bonchev–Trinajstić information content (AvgIpc) is 3.37. The third kappa shape index (κ3) is 6.01. The lowest BCUT2D eigenvalue weighted by Crippen LogP contribution is -2.48. The number of ether oxygens (including phenoxy) is 1. The Morgan fingerprint density at radius 1 is 0.929 bits per heavy atom. The van der Waals surface area contributed by atoms with Gasteiger partial charge in [0.15, 0.2) is 0 Å². The maximum atomic E-state index is 13.6. The minimum absolute atomic E-state index is 0.100. The van der Waals surface area contributed by atoms with E-state index in [0.717, 1.165) is 74.4 Å². The number of aryl methyl sites for hydroxylation is 1. The second kappa shape index (κ2) is 12.3. The molecule has 2 saturated heterocycles. The first-order valence-electron chi connectivity index (χ1n) is 14.7. The first kappa shape index (κ1) is 27.9. The number of methoxy groups -OCH3 is 1. The molecule has 9 nitrogen and oxygen atoms in total. The summed E-state index contributed by atoms with van der Waals surface area (Å²) in [6, 6.07) is 18.7. The molecular weight excluding hydrogens is 526 g/mol. The molecule has 0 unspecified atom stereocenters. The standard InChI is InChI=1S/C33H37N7O2/c1-37-30-8-7-27(26-9-11-38(12-10-26)23-29-20-36-32(42-2)21-35-29)17-28(30)18-31(37)33(41)40-15-13-39(14-16-40)22-25-5-3-24(19-34)4-6-25/h3-8,17-18,20-21,26H,9-16,22-23H2,1-2H3. The van der Waals surface area contributed by atoms with Crippen LogP contribution in [-0.2, 0) is 20.1 Å². The number of benzene rings is 2. The van der Waals surface area contributed by atoms with Gasteiger partial charge in [-0.2, -0.15) is 5.26 Å². The molecule has 0 spiro atoms. The third-order valence-corrected chi connectivity index (χ3v) is 8.77. The van der Waals surface area contributed by atoms with Gasteiger partial charge in [0, 0.05) is 57.2 Å². The largest absolute Gasteiger partial charge is 0.480 e. The van der Waals surface area contributed by atoms with E-state index in [1.165, 1.54) is 11.1 Å². The molecule has 0 saturated carbocycles. The summed E-state index contributed by atoms with van der Waals surface area (Å²) in [6.45, 7) is 6.77. The fourth-order valence-corrected chi connectivity index (χ4v) is 6.22. The van der Waals surface area contributed by atoms with Crippen LogP contribution in [0.25, 0.3) is 10.9 Å². The second-order valence-electron chi connectivity index (χ2n) is 11.4. The van der Waals surface area contributed by atoms with Gasteiger partial charge in [0.2, 0.25) is 5.88 Å². The van der Waals surface area contributed by atoms with E-state index in [1.54, 1.807) is 19.5 Å². The fraction of sp³-hybridized carbons (Fsp3) is 0.394. The summed E-state index contributed by atoms with van der Waals surface area (Å²) in [4.78, 5) is 29.1. The van der Waals surface area contributed by atoms with Crippen LogP contribution in [0, 0.1) is 11.3 Å². The summed E-state index contributed by atoms with van der Waals surface area (Å²) in [7, 11) is 3.60. The Kier molecular flexibility index (Phi) is 8.17. The average molecular weight is 564 g/mol. The first-order chi connectivity index (χ1) is 20.5. The predicted molar refractivity (Wildman–Crippen MR) is 161 cm³/mol. The molecule has 2 aromatic heterocycles. The van der Waals surface area contributed by atoms with Crippen molar-refractivity contribution in [2.45, 2.75) is 31.8 Å². The van der Waals surface area contributed by atoms with Gasteiger partial charge in [-0.3, -0.25) is 19.6 Å². The van der Waals surface area contributed by atoms with Crippen LogP contribution in [0.15, 0.2) is 60.9 Å². The molecule has 1 amide bonds. The summed E-state index contributed by atoms with van der Waals surface area (Å²) >= 11 is 0. The summed E-state index contributed by atoms with van der Waals surface area (Å²) < 4.78 is 7.16. The highest BCUT2D eigenvalue weighted by Gasteiger charge is 2.26. The number of hydrogen-bond donors (Lipinski definition) is 0. The molecule has 4 aromatic rings. The number of fused-ring (bicyclic) bond motifs is 1. The van der Waals surface area contributed by atoms with E-state index >= 15 is 0 Å². The molecule has 4 heterocycles. The van der Waals surface area contributed by atoms with Gasteiger partial charge in [0.25, 0.3) is 5.91 Å². The zero-order valence-electron chi connectivity index (χ0n) is 24.4.